The summed E-state index contributed by atoms with van der Waals surface area (Å²) in [5, 5.41) is 10.6. The first-order valence-corrected chi connectivity index (χ1v) is 9.10. The van der Waals surface area contributed by atoms with Crippen LogP contribution in [-0.2, 0) is 11.2 Å². The molecule has 7 nitrogen and oxygen atoms in total. The van der Waals surface area contributed by atoms with E-state index in [0.29, 0.717) is 36.2 Å². The minimum Gasteiger partial charge on any atom is -0.486 e. The van der Waals surface area contributed by atoms with Crippen molar-refractivity contribution in [1.82, 2.24) is 10.2 Å². The van der Waals surface area contributed by atoms with Crippen molar-refractivity contribution < 1.29 is 18.7 Å². The third kappa shape index (κ3) is 3.69. The maximum atomic E-state index is 12.4. The third-order valence-corrected chi connectivity index (χ3v) is 4.64. The third-order valence-electron chi connectivity index (χ3n) is 4.64. The number of nitrogens with one attached hydrogen (secondary N) is 1. The van der Waals surface area contributed by atoms with Gasteiger partial charge in [0.05, 0.1) is 6.42 Å². The molecular weight excluding hydrogens is 358 g/mol. The molecule has 1 N–H and O–H groups in total. The molecule has 144 valence electrons. The second kappa shape index (κ2) is 7.34. The van der Waals surface area contributed by atoms with Gasteiger partial charge in [-0.2, -0.15) is 0 Å². The zero-order valence-corrected chi connectivity index (χ0v) is 16.0. The van der Waals surface area contributed by atoms with Crippen LogP contribution in [0.4, 0.5) is 6.01 Å². The van der Waals surface area contributed by atoms with Gasteiger partial charge in [-0.25, -0.2) is 0 Å². The number of amides is 1. The summed E-state index contributed by atoms with van der Waals surface area (Å²) in [6.07, 6.45) is 0.250. The van der Waals surface area contributed by atoms with Crippen LogP contribution in [0.1, 0.15) is 22.3 Å². The van der Waals surface area contributed by atoms with Crippen molar-refractivity contribution in [1.29, 1.82) is 0 Å². The maximum Gasteiger partial charge on any atom is 0.322 e. The Labute approximate surface area is 162 Å². The largest absolute Gasteiger partial charge is 0.486 e. The molecule has 2 heterocycles. The molecule has 0 saturated heterocycles. The van der Waals surface area contributed by atoms with Crippen molar-refractivity contribution in [2.45, 2.75) is 27.2 Å². The number of fused-ring (bicyclic) bond motifs is 1. The quantitative estimate of drug-likeness (QED) is 0.745. The Kier molecular flexibility index (Phi) is 4.73. The standard InChI is InChI=1S/C21H21N3O4/c1-12-8-13(2)16(14(3)9-12)11-19(25)22-21-24-23-20(28-21)15-4-5-17-18(10-15)27-7-6-26-17/h4-5,8-10H,6-7,11H2,1-3H3,(H,22,24,25). The first-order chi connectivity index (χ1) is 13.5. The van der Waals surface area contributed by atoms with Crippen LogP contribution in [0.25, 0.3) is 11.5 Å². The van der Waals surface area contributed by atoms with Gasteiger partial charge in [0.15, 0.2) is 11.5 Å². The molecule has 0 atom stereocenters. The highest BCUT2D eigenvalue weighted by Gasteiger charge is 2.17. The average molecular weight is 379 g/mol. The van der Waals surface area contributed by atoms with Gasteiger partial charge < -0.3 is 13.9 Å². The van der Waals surface area contributed by atoms with E-state index >= 15 is 0 Å². The van der Waals surface area contributed by atoms with E-state index in [1.807, 2.05) is 26.8 Å². The normalized spacial score (nSPS) is 12.7. The summed E-state index contributed by atoms with van der Waals surface area (Å²) in [6.45, 7) is 7.09. The van der Waals surface area contributed by atoms with Crippen molar-refractivity contribution in [3.05, 3.63) is 52.6 Å². The van der Waals surface area contributed by atoms with E-state index < -0.39 is 0 Å². The van der Waals surface area contributed by atoms with Crippen molar-refractivity contribution in [2.24, 2.45) is 0 Å². The van der Waals surface area contributed by atoms with Gasteiger partial charge in [-0.05, 0) is 55.7 Å². The smallest absolute Gasteiger partial charge is 0.322 e. The number of rotatable bonds is 4. The monoisotopic (exact) mass is 379 g/mol. The highest BCUT2D eigenvalue weighted by Crippen LogP contribution is 2.34. The van der Waals surface area contributed by atoms with Crippen LogP contribution in [0, 0.1) is 20.8 Å². The van der Waals surface area contributed by atoms with Crippen LogP contribution < -0.4 is 14.8 Å². The molecule has 28 heavy (non-hydrogen) atoms. The fraction of sp³-hybridized carbons (Fsp3) is 0.286. The maximum absolute atomic E-state index is 12.4. The molecule has 0 fully saturated rings. The number of aromatic nitrogens is 2. The molecule has 1 aliphatic heterocycles. The van der Waals surface area contributed by atoms with E-state index in [2.05, 4.69) is 27.6 Å². The second-order valence-corrected chi connectivity index (χ2v) is 6.87. The minimum absolute atomic E-state index is 0.0670. The summed E-state index contributed by atoms with van der Waals surface area (Å²) >= 11 is 0. The number of carbonyl (C=O) groups excluding carboxylic acids is 1. The van der Waals surface area contributed by atoms with Gasteiger partial charge in [-0.3, -0.25) is 10.1 Å². The van der Waals surface area contributed by atoms with Gasteiger partial charge in [0.25, 0.3) is 0 Å². The SMILES string of the molecule is Cc1cc(C)c(CC(=O)Nc2nnc(-c3ccc4c(c3)OCCO4)o2)c(C)c1. The zero-order valence-electron chi connectivity index (χ0n) is 16.0. The van der Waals surface area contributed by atoms with E-state index in [1.165, 1.54) is 5.56 Å². The summed E-state index contributed by atoms with van der Waals surface area (Å²) in [6, 6.07) is 9.61. The molecule has 0 bridgehead atoms. The van der Waals surface area contributed by atoms with Gasteiger partial charge >= 0.3 is 6.01 Å². The van der Waals surface area contributed by atoms with Gasteiger partial charge in [-0.1, -0.05) is 22.8 Å². The molecule has 1 amide bonds. The number of hydrogen-bond acceptors (Lipinski definition) is 6. The van der Waals surface area contributed by atoms with E-state index in [9.17, 15) is 4.79 Å². The molecular formula is C21H21N3O4. The number of anilines is 1. The number of aryl methyl sites for hydroxylation is 3. The Morgan fingerprint density at radius 3 is 2.46 bits per heavy atom. The van der Waals surface area contributed by atoms with Crippen LogP contribution in [0.2, 0.25) is 0 Å². The summed E-state index contributed by atoms with van der Waals surface area (Å²) in [7, 11) is 0. The molecule has 0 unspecified atom stereocenters. The molecule has 4 rings (SSSR count). The Morgan fingerprint density at radius 2 is 1.71 bits per heavy atom. The number of benzene rings is 2. The average Bonchev–Trinajstić information content (AvgIpc) is 3.12. The van der Waals surface area contributed by atoms with Crippen LogP contribution in [0.5, 0.6) is 11.5 Å². The fourth-order valence-electron chi connectivity index (χ4n) is 3.38. The van der Waals surface area contributed by atoms with Crippen LogP contribution in [0.15, 0.2) is 34.7 Å². The number of nitrogens with zero attached hydrogens (tertiary/aromatic N) is 2. The van der Waals surface area contributed by atoms with E-state index in [1.54, 1.807) is 12.1 Å². The lowest BCUT2D eigenvalue weighted by molar-refractivity contribution is -0.115. The molecule has 0 saturated carbocycles. The lowest BCUT2D eigenvalue weighted by atomic mass is 9.97. The Balaban J connectivity index is 1.47. The highest BCUT2D eigenvalue weighted by atomic mass is 16.6. The molecule has 2 aromatic carbocycles. The first kappa shape index (κ1) is 18.0. The van der Waals surface area contributed by atoms with Gasteiger partial charge in [-0.15, -0.1) is 5.10 Å². The lowest BCUT2D eigenvalue weighted by Gasteiger charge is -2.18. The molecule has 7 heteroatoms. The first-order valence-electron chi connectivity index (χ1n) is 9.10. The van der Waals surface area contributed by atoms with E-state index in [-0.39, 0.29) is 18.3 Å². The van der Waals surface area contributed by atoms with Crippen molar-refractivity contribution in [3.63, 3.8) is 0 Å². The van der Waals surface area contributed by atoms with E-state index in [4.69, 9.17) is 13.9 Å². The van der Waals surface area contributed by atoms with E-state index in [0.717, 1.165) is 16.7 Å². The summed E-state index contributed by atoms with van der Waals surface area (Å²) in [5.41, 5.74) is 5.07. The summed E-state index contributed by atoms with van der Waals surface area (Å²) in [5.74, 6) is 1.42. The molecule has 1 aromatic heterocycles. The minimum atomic E-state index is -0.201. The topological polar surface area (TPSA) is 86.5 Å². The molecule has 3 aromatic rings. The van der Waals surface area contributed by atoms with Gasteiger partial charge in [0.2, 0.25) is 11.8 Å². The van der Waals surface area contributed by atoms with Crippen LogP contribution >= 0.6 is 0 Å². The van der Waals surface area contributed by atoms with Gasteiger partial charge in [0.1, 0.15) is 13.2 Å². The van der Waals surface area contributed by atoms with Crippen LogP contribution in [0.3, 0.4) is 0 Å². The predicted molar refractivity (Wildman–Crippen MR) is 104 cm³/mol. The van der Waals surface area contributed by atoms with Gasteiger partial charge in [0, 0.05) is 5.56 Å². The van der Waals surface area contributed by atoms with Crippen molar-refractivity contribution in [2.75, 3.05) is 18.5 Å². The molecule has 0 aliphatic carbocycles. The summed E-state index contributed by atoms with van der Waals surface area (Å²) < 4.78 is 16.7. The second-order valence-electron chi connectivity index (χ2n) is 6.87. The summed E-state index contributed by atoms with van der Waals surface area (Å²) in [4.78, 5) is 12.4. The highest BCUT2D eigenvalue weighted by molar-refractivity contribution is 5.90. The molecule has 1 aliphatic rings. The van der Waals surface area contributed by atoms with Crippen molar-refractivity contribution >= 4 is 11.9 Å². The molecule has 0 radical (unpaired) electrons. The predicted octanol–water partition coefficient (Wildman–Crippen LogP) is 3.61. The molecule has 0 spiro atoms. The Bertz CT molecular complexity index is 1020. The zero-order chi connectivity index (χ0) is 19.7. The van der Waals surface area contributed by atoms with Crippen LogP contribution in [-0.4, -0.2) is 29.3 Å². The van der Waals surface area contributed by atoms with Crippen molar-refractivity contribution in [3.8, 4) is 23.0 Å². The number of carbonyl (C=O) groups is 1. The number of ether oxygens (including phenoxy) is 2. The Hall–Kier alpha value is -3.35. The fourth-order valence-corrected chi connectivity index (χ4v) is 3.38. The number of hydrogen-bond donors (Lipinski definition) is 1. The Morgan fingerprint density at radius 1 is 1.00 bits per heavy atom. The lowest BCUT2D eigenvalue weighted by Crippen LogP contribution is -2.16.